The third-order valence-corrected chi connectivity index (χ3v) is 5.12. The van der Waals surface area contributed by atoms with Gasteiger partial charge in [0.25, 0.3) is 0 Å². The SMILES string of the molecule is Cc1cccnc1/N=C1/CCCCCCCCCCCCC1C. The Morgan fingerprint density at radius 3 is 2.17 bits per heavy atom. The average Bonchev–Trinajstić information content (AvgIpc) is 2.55. The Balaban J connectivity index is 2.04. The maximum absolute atomic E-state index is 4.97. The van der Waals surface area contributed by atoms with Gasteiger partial charge < -0.3 is 0 Å². The summed E-state index contributed by atoms with van der Waals surface area (Å²) in [5.41, 5.74) is 2.57. The van der Waals surface area contributed by atoms with E-state index in [1.807, 2.05) is 12.3 Å². The number of aromatic nitrogens is 1. The maximum Gasteiger partial charge on any atom is 0.154 e. The first-order valence-electron chi connectivity index (χ1n) is 9.76. The van der Waals surface area contributed by atoms with Crippen molar-refractivity contribution in [3.05, 3.63) is 23.9 Å². The summed E-state index contributed by atoms with van der Waals surface area (Å²) >= 11 is 0. The van der Waals surface area contributed by atoms with Gasteiger partial charge in [-0.05, 0) is 43.7 Å². The summed E-state index contributed by atoms with van der Waals surface area (Å²) in [6.07, 6.45) is 18.2. The van der Waals surface area contributed by atoms with E-state index in [1.54, 1.807) is 0 Å². The molecule has 0 aromatic carbocycles. The number of hydrogen-bond donors (Lipinski definition) is 0. The lowest BCUT2D eigenvalue weighted by molar-refractivity contribution is 0.521. The molecule has 0 amide bonds. The zero-order chi connectivity index (χ0) is 16.3. The van der Waals surface area contributed by atoms with Crippen LogP contribution in [-0.4, -0.2) is 10.7 Å². The van der Waals surface area contributed by atoms with Crippen LogP contribution in [0.5, 0.6) is 0 Å². The fourth-order valence-corrected chi connectivity index (χ4v) is 3.48. The molecule has 128 valence electrons. The van der Waals surface area contributed by atoms with Crippen molar-refractivity contribution in [1.29, 1.82) is 0 Å². The van der Waals surface area contributed by atoms with Gasteiger partial charge in [-0.3, -0.25) is 0 Å². The van der Waals surface area contributed by atoms with Crippen LogP contribution in [0.3, 0.4) is 0 Å². The molecule has 0 bridgehead atoms. The number of rotatable bonds is 1. The van der Waals surface area contributed by atoms with Crippen LogP contribution in [0.2, 0.25) is 0 Å². The van der Waals surface area contributed by atoms with E-state index in [4.69, 9.17) is 4.99 Å². The van der Waals surface area contributed by atoms with Gasteiger partial charge in [0.2, 0.25) is 0 Å². The largest absolute Gasteiger partial charge is 0.238 e. The molecule has 1 unspecified atom stereocenters. The van der Waals surface area contributed by atoms with Gasteiger partial charge in [0.15, 0.2) is 5.82 Å². The van der Waals surface area contributed by atoms with Crippen LogP contribution >= 0.6 is 0 Å². The van der Waals surface area contributed by atoms with Crippen LogP contribution in [0.4, 0.5) is 5.82 Å². The third-order valence-electron chi connectivity index (χ3n) is 5.12. The smallest absolute Gasteiger partial charge is 0.154 e. The molecule has 2 nitrogen and oxygen atoms in total. The highest BCUT2D eigenvalue weighted by Gasteiger charge is 2.12. The molecule has 1 aliphatic carbocycles. The van der Waals surface area contributed by atoms with Crippen molar-refractivity contribution in [1.82, 2.24) is 4.98 Å². The number of aliphatic imine (C=N–C) groups is 1. The minimum Gasteiger partial charge on any atom is -0.238 e. The van der Waals surface area contributed by atoms with Gasteiger partial charge in [-0.25, -0.2) is 9.98 Å². The Kier molecular flexibility index (Phi) is 8.35. The molecule has 1 aromatic heterocycles. The Morgan fingerprint density at radius 2 is 1.52 bits per heavy atom. The molecule has 0 N–H and O–H groups in total. The summed E-state index contributed by atoms with van der Waals surface area (Å²) in [5.74, 6) is 1.52. The van der Waals surface area contributed by atoms with E-state index >= 15 is 0 Å². The number of hydrogen-bond acceptors (Lipinski definition) is 2. The van der Waals surface area contributed by atoms with Gasteiger partial charge >= 0.3 is 0 Å². The minimum atomic E-state index is 0.597. The second-order valence-corrected chi connectivity index (χ2v) is 7.22. The molecular weight excluding hydrogens is 280 g/mol. The second kappa shape index (κ2) is 10.6. The molecule has 1 fully saturated rings. The van der Waals surface area contributed by atoms with Gasteiger partial charge in [-0.1, -0.05) is 70.8 Å². The molecular formula is C21H34N2. The van der Waals surface area contributed by atoms with Crippen LogP contribution in [0, 0.1) is 12.8 Å². The second-order valence-electron chi connectivity index (χ2n) is 7.22. The quantitative estimate of drug-likeness (QED) is 0.560. The number of nitrogens with zero attached hydrogens (tertiary/aromatic N) is 2. The molecule has 0 aliphatic heterocycles. The van der Waals surface area contributed by atoms with Crippen molar-refractivity contribution in [2.75, 3.05) is 0 Å². The van der Waals surface area contributed by atoms with Crippen LogP contribution in [-0.2, 0) is 0 Å². The molecule has 2 rings (SSSR count). The molecule has 1 aliphatic rings. The van der Waals surface area contributed by atoms with Crippen LogP contribution < -0.4 is 0 Å². The molecule has 0 radical (unpaired) electrons. The summed E-state index contributed by atoms with van der Waals surface area (Å²) in [7, 11) is 0. The number of pyridine rings is 1. The van der Waals surface area contributed by atoms with E-state index in [0.717, 1.165) is 12.2 Å². The fraction of sp³-hybridized carbons (Fsp3) is 0.714. The Bertz CT molecular complexity index is 478. The van der Waals surface area contributed by atoms with Crippen LogP contribution in [0.1, 0.15) is 89.5 Å². The molecule has 1 aromatic rings. The Labute approximate surface area is 142 Å². The van der Waals surface area contributed by atoms with E-state index < -0.39 is 0 Å². The van der Waals surface area contributed by atoms with Crippen molar-refractivity contribution in [2.24, 2.45) is 10.9 Å². The van der Waals surface area contributed by atoms with Crippen molar-refractivity contribution in [2.45, 2.75) is 90.9 Å². The lowest BCUT2D eigenvalue weighted by atomic mass is 9.93. The van der Waals surface area contributed by atoms with Crippen molar-refractivity contribution in [3.63, 3.8) is 0 Å². The zero-order valence-electron chi connectivity index (χ0n) is 15.2. The molecule has 23 heavy (non-hydrogen) atoms. The monoisotopic (exact) mass is 314 g/mol. The topological polar surface area (TPSA) is 25.2 Å². The molecule has 2 heteroatoms. The predicted octanol–water partition coefficient (Wildman–Crippen LogP) is 6.79. The van der Waals surface area contributed by atoms with E-state index in [1.165, 1.54) is 81.9 Å². The highest BCUT2D eigenvalue weighted by Crippen LogP contribution is 2.22. The highest BCUT2D eigenvalue weighted by atomic mass is 14.9. The summed E-state index contributed by atoms with van der Waals surface area (Å²) in [6, 6.07) is 4.11. The first-order valence-corrected chi connectivity index (χ1v) is 9.76. The summed E-state index contributed by atoms with van der Waals surface area (Å²) in [4.78, 5) is 9.45. The zero-order valence-corrected chi connectivity index (χ0v) is 15.2. The molecule has 1 heterocycles. The van der Waals surface area contributed by atoms with Gasteiger partial charge in [-0.15, -0.1) is 0 Å². The van der Waals surface area contributed by atoms with Crippen molar-refractivity contribution >= 4 is 11.5 Å². The highest BCUT2D eigenvalue weighted by molar-refractivity contribution is 5.88. The Morgan fingerprint density at radius 1 is 0.913 bits per heavy atom. The van der Waals surface area contributed by atoms with E-state index in [0.29, 0.717) is 5.92 Å². The first-order chi connectivity index (χ1) is 11.3. The minimum absolute atomic E-state index is 0.597. The van der Waals surface area contributed by atoms with Gasteiger partial charge in [0, 0.05) is 11.9 Å². The lowest BCUT2D eigenvalue weighted by Gasteiger charge is -2.16. The van der Waals surface area contributed by atoms with Crippen molar-refractivity contribution in [3.8, 4) is 0 Å². The standard InChI is InChI=1S/C21H34N2/c1-18-14-11-9-7-5-3-4-6-8-10-12-16-20(18)23-21-19(2)15-13-17-22-21/h13,15,17-18H,3-12,14,16H2,1-2H3/b23-20-. The third kappa shape index (κ3) is 6.85. The molecule has 0 saturated heterocycles. The molecule has 0 spiro atoms. The molecule has 1 atom stereocenters. The van der Waals surface area contributed by atoms with Gasteiger partial charge in [-0.2, -0.15) is 0 Å². The average molecular weight is 315 g/mol. The predicted molar refractivity (Wildman–Crippen MR) is 101 cm³/mol. The fourth-order valence-electron chi connectivity index (χ4n) is 3.48. The summed E-state index contributed by atoms with van der Waals surface area (Å²) < 4.78 is 0. The van der Waals surface area contributed by atoms with Crippen LogP contribution in [0.15, 0.2) is 23.3 Å². The Hall–Kier alpha value is -1.18. The normalized spacial score (nSPS) is 24.3. The van der Waals surface area contributed by atoms with E-state index in [-0.39, 0.29) is 0 Å². The molecule has 1 saturated carbocycles. The lowest BCUT2D eigenvalue weighted by Crippen LogP contribution is -2.11. The van der Waals surface area contributed by atoms with Gasteiger partial charge in [0.1, 0.15) is 0 Å². The van der Waals surface area contributed by atoms with Crippen molar-refractivity contribution < 1.29 is 0 Å². The number of aryl methyl sites for hydroxylation is 1. The van der Waals surface area contributed by atoms with E-state index in [2.05, 4.69) is 24.9 Å². The van der Waals surface area contributed by atoms with E-state index in [9.17, 15) is 0 Å². The summed E-state index contributed by atoms with van der Waals surface area (Å²) in [6.45, 7) is 4.48. The maximum atomic E-state index is 4.97. The first kappa shape index (κ1) is 18.2. The van der Waals surface area contributed by atoms with Crippen LogP contribution in [0.25, 0.3) is 0 Å². The summed E-state index contributed by atoms with van der Waals surface area (Å²) in [5, 5.41) is 0. The van der Waals surface area contributed by atoms with Gasteiger partial charge in [0.05, 0.1) is 0 Å².